The van der Waals surface area contributed by atoms with Crippen LogP contribution in [0.5, 0.6) is 5.75 Å². The molecule has 1 aromatic carbocycles. The SMILES string of the molecule is O=C(NCc1ccco1)c1c(N=Cc2cc(Cl)cc(Cl)c2O)sc2c1CCCC2. The molecular weight excluding hydrogens is 431 g/mol. The number of hydrogen-bond acceptors (Lipinski definition) is 5. The molecule has 150 valence electrons. The molecule has 3 aromatic rings. The number of nitrogens with zero attached hydrogens (tertiary/aromatic N) is 1. The summed E-state index contributed by atoms with van der Waals surface area (Å²) < 4.78 is 5.29. The molecule has 0 fully saturated rings. The molecule has 0 saturated heterocycles. The molecule has 0 unspecified atom stereocenters. The maximum atomic E-state index is 13.0. The average Bonchev–Trinajstić information content (AvgIpc) is 3.35. The Balaban J connectivity index is 1.66. The minimum absolute atomic E-state index is 0.0926. The summed E-state index contributed by atoms with van der Waals surface area (Å²) in [5, 5.41) is 14.2. The number of aliphatic imine (C=N–C) groups is 1. The van der Waals surface area contributed by atoms with Gasteiger partial charge in [0.1, 0.15) is 16.5 Å². The van der Waals surface area contributed by atoms with Gasteiger partial charge in [0.2, 0.25) is 0 Å². The van der Waals surface area contributed by atoms with Gasteiger partial charge in [-0.1, -0.05) is 23.2 Å². The number of carbonyl (C=O) groups excluding carboxylic acids is 1. The molecule has 4 rings (SSSR count). The number of rotatable bonds is 5. The van der Waals surface area contributed by atoms with E-state index in [4.69, 9.17) is 27.6 Å². The molecule has 5 nitrogen and oxygen atoms in total. The van der Waals surface area contributed by atoms with Crippen LogP contribution in [0.25, 0.3) is 0 Å². The Morgan fingerprint density at radius 3 is 2.93 bits per heavy atom. The number of fused-ring (bicyclic) bond motifs is 1. The number of phenolic OH excluding ortho intramolecular Hbond substituents is 1. The van der Waals surface area contributed by atoms with E-state index < -0.39 is 0 Å². The molecule has 2 heterocycles. The van der Waals surface area contributed by atoms with Crippen molar-refractivity contribution in [1.82, 2.24) is 5.32 Å². The quantitative estimate of drug-likeness (QED) is 0.476. The zero-order chi connectivity index (χ0) is 20.4. The van der Waals surface area contributed by atoms with E-state index in [9.17, 15) is 9.90 Å². The number of amides is 1. The first-order valence-corrected chi connectivity index (χ1v) is 10.8. The average molecular weight is 449 g/mol. The summed E-state index contributed by atoms with van der Waals surface area (Å²) in [6.45, 7) is 0.310. The Morgan fingerprint density at radius 2 is 2.14 bits per heavy atom. The van der Waals surface area contributed by atoms with Gasteiger partial charge in [0.25, 0.3) is 5.91 Å². The molecular formula is C21H18Cl2N2O3S. The molecule has 0 saturated carbocycles. The fourth-order valence-corrected chi connectivity index (χ4v) is 5.10. The number of aryl methyl sites for hydroxylation is 1. The van der Waals surface area contributed by atoms with Crippen molar-refractivity contribution in [2.45, 2.75) is 32.2 Å². The van der Waals surface area contributed by atoms with Crippen molar-refractivity contribution in [3.63, 3.8) is 0 Å². The summed E-state index contributed by atoms with van der Waals surface area (Å²) in [4.78, 5) is 18.7. The topological polar surface area (TPSA) is 74.8 Å². The lowest BCUT2D eigenvalue weighted by molar-refractivity contribution is 0.0948. The number of furan rings is 1. The predicted molar refractivity (Wildman–Crippen MR) is 116 cm³/mol. The third kappa shape index (κ3) is 4.34. The maximum absolute atomic E-state index is 13.0. The van der Waals surface area contributed by atoms with Crippen molar-refractivity contribution < 1.29 is 14.3 Å². The molecule has 2 N–H and O–H groups in total. The summed E-state index contributed by atoms with van der Waals surface area (Å²) in [7, 11) is 0. The second-order valence-electron chi connectivity index (χ2n) is 6.74. The lowest BCUT2D eigenvalue weighted by atomic mass is 9.95. The number of benzene rings is 1. The third-order valence-electron chi connectivity index (χ3n) is 4.76. The van der Waals surface area contributed by atoms with Gasteiger partial charge in [0.15, 0.2) is 0 Å². The Bertz CT molecular complexity index is 1070. The number of nitrogens with one attached hydrogen (secondary N) is 1. The second-order valence-corrected chi connectivity index (χ2v) is 8.66. The highest BCUT2D eigenvalue weighted by Gasteiger charge is 2.25. The Kier molecular flexibility index (Phi) is 5.94. The normalized spacial score (nSPS) is 13.6. The minimum atomic E-state index is -0.179. The first-order chi connectivity index (χ1) is 14.0. The summed E-state index contributed by atoms with van der Waals surface area (Å²) >= 11 is 13.5. The van der Waals surface area contributed by atoms with Crippen molar-refractivity contribution in [1.29, 1.82) is 0 Å². The van der Waals surface area contributed by atoms with Gasteiger partial charge < -0.3 is 14.8 Å². The van der Waals surface area contributed by atoms with E-state index >= 15 is 0 Å². The number of halogens is 2. The monoisotopic (exact) mass is 448 g/mol. The minimum Gasteiger partial charge on any atom is -0.506 e. The van der Waals surface area contributed by atoms with E-state index in [1.54, 1.807) is 18.4 Å². The predicted octanol–water partition coefficient (Wildman–Crippen LogP) is 5.91. The van der Waals surface area contributed by atoms with Crippen LogP contribution >= 0.6 is 34.5 Å². The van der Waals surface area contributed by atoms with Gasteiger partial charge in [-0.25, -0.2) is 4.99 Å². The molecule has 1 aliphatic carbocycles. The second kappa shape index (κ2) is 8.61. The van der Waals surface area contributed by atoms with Gasteiger partial charge in [-0.05, 0) is 55.5 Å². The van der Waals surface area contributed by atoms with Crippen molar-refractivity contribution >= 4 is 51.7 Å². The van der Waals surface area contributed by atoms with Crippen LogP contribution in [-0.2, 0) is 19.4 Å². The largest absolute Gasteiger partial charge is 0.506 e. The van der Waals surface area contributed by atoms with Crippen LogP contribution in [0.3, 0.4) is 0 Å². The van der Waals surface area contributed by atoms with Gasteiger partial charge in [-0.3, -0.25) is 4.79 Å². The van der Waals surface area contributed by atoms with Crippen molar-refractivity contribution in [3.8, 4) is 5.75 Å². The molecule has 1 aliphatic rings. The highest BCUT2D eigenvalue weighted by molar-refractivity contribution is 7.16. The molecule has 0 radical (unpaired) electrons. The fraction of sp³-hybridized carbons (Fsp3) is 0.238. The Labute approximate surface area is 182 Å². The van der Waals surface area contributed by atoms with Gasteiger partial charge in [-0.2, -0.15) is 0 Å². The lowest BCUT2D eigenvalue weighted by Gasteiger charge is -2.12. The van der Waals surface area contributed by atoms with E-state index in [0.717, 1.165) is 31.2 Å². The highest BCUT2D eigenvalue weighted by Crippen LogP contribution is 2.40. The molecule has 0 atom stereocenters. The van der Waals surface area contributed by atoms with Gasteiger partial charge in [0.05, 0.1) is 23.4 Å². The molecule has 0 bridgehead atoms. The molecule has 0 spiro atoms. The van der Waals surface area contributed by atoms with E-state index in [-0.39, 0.29) is 16.7 Å². The smallest absolute Gasteiger partial charge is 0.255 e. The van der Waals surface area contributed by atoms with Crippen LogP contribution < -0.4 is 5.32 Å². The van der Waals surface area contributed by atoms with Crippen LogP contribution in [0, 0.1) is 0 Å². The number of thiophene rings is 1. The standard InChI is InChI=1S/C21H18Cl2N2O3S/c22-13-8-12(19(26)16(23)9-13)10-25-21-18(15-5-1-2-6-17(15)29-21)20(27)24-11-14-4-3-7-28-14/h3-4,7-10,26H,1-2,5-6,11H2,(H,24,27). The van der Waals surface area contributed by atoms with Gasteiger partial charge in [0, 0.05) is 21.7 Å². The zero-order valence-corrected chi connectivity index (χ0v) is 17.7. The maximum Gasteiger partial charge on any atom is 0.255 e. The van der Waals surface area contributed by atoms with Crippen molar-refractivity contribution in [2.24, 2.45) is 4.99 Å². The number of aromatic hydroxyl groups is 1. The third-order valence-corrected chi connectivity index (χ3v) is 6.47. The first-order valence-electron chi connectivity index (χ1n) is 9.20. The van der Waals surface area contributed by atoms with Crippen molar-refractivity contribution in [2.75, 3.05) is 0 Å². The van der Waals surface area contributed by atoms with Crippen molar-refractivity contribution in [3.05, 3.63) is 67.9 Å². The van der Waals surface area contributed by atoms with E-state index in [1.807, 2.05) is 6.07 Å². The summed E-state index contributed by atoms with van der Waals surface area (Å²) in [6, 6.07) is 6.64. The summed E-state index contributed by atoms with van der Waals surface area (Å²) in [6.07, 6.45) is 7.03. The highest BCUT2D eigenvalue weighted by atomic mass is 35.5. The summed E-state index contributed by atoms with van der Waals surface area (Å²) in [5.74, 6) is 0.414. The van der Waals surface area contributed by atoms with E-state index in [2.05, 4.69) is 10.3 Å². The molecule has 2 aromatic heterocycles. The van der Waals surface area contributed by atoms with E-state index in [1.165, 1.54) is 28.5 Å². The van der Waals surface area contributed by atoms with Crippen LogP contribution in [0.4, 0.5) is 5.00 Å². The Morgan fingerprint density at radius 1 is 1.31 bits per heavy atom. The van der Waals surface area contributed by atoms with Crippen LogP contribution in [0.15, 0.2) is 39.9 Å². The Hall–Kier alpha value is -2.28. The van der Waals surface area contributed by atoms with Gasteiger partial charge >= 0.3 is 0 Å². The van der Waals surface area contributed by atoms with Crippen LogP contribution in [0.1, 0.15) is 45.0 Å². The molecule has 8 heteroatoms. The van der Waals surface area contributed by atoms with Gasteiger partial charge in [-0.15, -0.1) is 11.3 Å². The first kappa shape index (κ1) is 20.0. The number of carbonyl (C=O) groups is 1. The molecule has 1 amide bonds. The lowest BCUT2D eigenvalue weighted by Crippen LogP contribution is -2.23. The fourth-order valence-electron chi connectivity index (χ4n) is 3.36. The number of hydrogen-bond donors (Lipinski definition) is 2. The summed E-state index contributed by atoms with van der Waals surface area (Å²) in [5.41, 5.74) is 2.06. The van der Waals surface area contributed by atoms with Crippen LogP contribution in [0.2, 0.25) is 10.0 Å². The number of phenols is 1. The van der Waals surface area contributed by atoms with E-state index in [0.29, 0.717) is 33.5 Å². The molecule has 0 aliphatic heterocycles. The molecule has 29 heavy (non-hydrogen) atoms. The zero-order valence-electron chi connectivity index (χ0n) is 15.4. The van der Waals surface area contributed by atoms with Crippen LogP contribution in [-0.4, -0.2) is 17.2 Å².